The number of nitrogens with one attached hydrogen (secondary N) is 1. The molecule has 1 aromatic heterocycles. The molecular formula is C34H32N4O6S. The average molecular weight is 625 g/mol. The fourth-order valence-corrected chi connectivity index (χ4v) is 6.37. The number of carbonyl (C=O) groups is 2. The van der Waals surface area contributed by atoms with Crippen molar-refractivity contribution >= 4 is 34.9 Å². The molecule has 0 aliphatic carbocycles. The van der Waals surface area contributed by atoms with E-state index in [1.807, 2.05) is 66.7 Å². The van der Waals surface area contributed by atoms with Crippen molar-refractivity contribution in [1.29, 1.82) is 0 Å². The lowest BCUT2D eigenvalue weighted by Gasteiger charge is -2.26. The fourth-order valence-electron chi connectivity index (χ4n) is 5.32. The van der Waals surface area contributed by atoms with E-state index in [-0.39, 0.29) is 24.0 Å². The number of thiazole rings is 1. The molecule has 6 rings (SSSR count). The number of morpholine rings is 1. The molecule has 1 N–H and O–H groups in total. The van der Waals surface area contributed by atoms with Crippen molar-refractivity contribution in [3.63, 3.8) is 0 Å². The maximum atomic E-state index is 14.0. The van der Waals surface area contributed by atoms with E-state index in [2.05, 4.69) is 5.32 Å². The van der Waals surface area contributed by atoms with Crippen molar-refractivity contribution in [1.82, 2.24) is 9.47 Å². The fraction of sp³-hybridized carbons (Fsp3) is 0.235. The van der Waals surface area contributed by atoms with E-state index in [9.17, 15) is 14.4 Å². The molecule has 1 atom stereocenters. The molecule has 1 fully saturated rings. The lowest BCUT2D eigenvalue weighted by atomic mass is 9.95. The third-order valence-corrected chi connectivity index (χ3v) is 8.59. The summed E-state index contributed by atoms with van der Waals surface area (Å²) in [7, 11) is 1.58. The highest BCUT2D eigenvalue weighted by atomic mass is 32.1. The minimum Gasteiger partial charge on any atom is -0.497 e. The Morgan fingerprint density at radius 2 is 1.78 bits per heavy atom. The second-order valence-corrected chi connectivity index (χ2v) is 11.5. The number of fused-ring (bicyclic) bond motifs is 1. The Balaban J connectivity index is 1.31. The van der Waals surface area contributed by atoms with E-state index in [1.54, 1.807) is 41.7 Å². The molecule has 0 spiro atoms. The van der Waals surface area contributed by atoms with Crippen molar-refractivity contribution in [2.45, 2.75) is 13.0 Å². The Morgan fingerprint density at radius 3 is 2.51 bits per heavy atom. The van der Waals surface area contributed by atoms with Gasteiger partial charge >= 0.3 is 0 Å². The van der Waals surface area contributed by atoms with Crippen LogP contribution in [-0.4, -0.2) is 61.3 Å². The van der Waals surface area contributed by atoms with Crippen LogP contribution in [0.2, 0.25) is 0 Å². The number of allylic oxidation sites excluding steroid dienone is 1. The van der Waals surface area contributed by atoms with Crippen LogP contribution in [0, 0.1) is 0 Å². The van der Waals surface area contributed by atoms with Gasteiger partial charge in [-0.05, 0) is 60.5 Å². The Labute approximate surface area is 263 Å². The van der Waals surface area contributed by atoms with E-state index >= 15 is 0 Å². The van der Waals surface area contributed by atoms with E-state index in [0.29, 0.717) is 64.1 Å². The molecule has 10 nitrogen and oxygen atoms in total. The van der Waals surface area contributed by atoms with E-state index in [1.165, 1.54) is 11.3 Å². The van der Waals surface area contributed by atoms with Gasteiger partial charge in [-0.2, -0.15) is 0 Å². The molecule has 0 saturated carbocycles. The van der Waals surface area contributed by atoms with Crippen LogP contribution in [0.5, 0.6) is 11.5 Å². The number of hydrogen-bond donors (Lipinski definition) is 1. The molecule has 0 radical (unpaired) electrons. The molecule has 45 heavy (non-hydrogen) atoms. The number of methoxy groups -OCH3 is 1. The van der Waals surface area contributed by atoms with Gasteiger partial charge in [0.25, 0.3) is 17.4 Å². The van der Waals surface area contributed by atoms with E-state index in [4.69, 9.17) is 19.2 Å². The highest BCUT2D eigenvalue weighted by molar-refractivity contribution is 7.07. The van der Waals surface area contributed by atoms with Gasteiger partial charge in [0.1, 0.15) is 11.5 Å². The summed E-state index contributed by atoms with van der Waals surface area (Å²) < 4.78 is 18.5. The molecule has 2 aliphatic rings. The molecule has 0 unspecified atom stereocenters. The van der Waals surface area contributed by atoms with Crippen LogP contribution in [0.3, 0.4) is 0 Å². The highest BCUT2D eigenvalue weighted by Gasteiger charge is 2.32. The summed E-state index contributed by atoms with van der Waals surface area (Å²) >= 11 is 1.26. The molecule has 0 bridgehead atoms. The summed E-state index contributed by atoms with van der Waals surface area (Å²) in [6.07, 6.45) is 1.79. The molecule has 1 saturated heterocycles. The first-order valence-electron chi connectivity index (χ1n) is 14.5. The van der Waals surface area contributed by atoms with Crippen molar-refractivity contribution in [2.24, 2.45) is 4.99 Å². The molecule has 3 heterocycles. The molecule has 4 aromatic rings. The van der Waals surface area contributed by atoms with Gasteiger partial charge in [-0.15, -0.1) is 0 Å². The highest BCUT2D eigenvalue weighted by Crippen LogP contribution is 2.32. The minimum atomic E-state index is -0.720. The first kappa shape index (κ1) is 30.0. The zero-order valence-corrected chi connectivity index (χ0v) is 25.7. The maximum absolute atomic E-state index is 14.0. The Hall–Kier alpha value is -5.00. The number of hydrogen-bond acceptors (Lipinski definition) is 8. The number of nitrogens with zero attached hydrogens (tertiary/aromatic N) is 3. The first-order chi connectivity index (χ1) is 21.9. The topological polar surface area (TPSA) is 111 Å². The molecule has 2 amide bonds. The Bertz CT molecular complexity index is 1930. The summed E-state index contributed by atoms with van der Waals surface area (Å²) in [6.45, 7) is 3.93. The summed E-state index contributed by atoms with van der Waals surface area (Å²) in [5.41, 5.74) is 2.78. The van der Waals surface area contributed by atoms with E-state index < -0.39 is 6.04 Å². The smallest absolute Gasteiger partial charge is 0.271 e. The van der Waals surface area contributed by atoms with Crippen LogP contribution in [-0.2, 0) is 14.3 Å². The zero-order valence-electron chi connectivity index (χ0n) is 24.9. The largest absolute Gasteiger partial charge is 0.497 e. The summed E-state index contributed by atoms with van der Waals surface area (Å²) in [5, 5.41) is 2.96. The molecule has 11 heteroatoms. The molecule has 3 aromatic carbocycles. The minimum absolute atomic E-state index is 0.0538. The van der Waals surface area contributed by atoms with Crippen LogP contribution in [0.1, 0.15) is 24.1 Å². The molecule has 2 aliphatic heterocycles. The van der Waals surface area contributed by atoms with Crippen LogP contribution >= 0.6 is 11.3 Å². The van der Waals surface area contributed by atoms with Crippen LogP contribution < -0.4 is 29.7 Å². The van der Waals surface area contributed by atoms with Crippen molar-refractivity contribution in [2.75, 3.05) is 45.3 Å². The number of anilines is 1. The van der Waals surface area contributed by atoms with Crippen molar-refractivity contribution in [3.05, 3.63) is 121 Å². The first-order valence-corrected chi connectivity index (χ1v) is 15.3. The van der Waals surface area contributed by atoms with Gasteiger partial charge in [-0.25, -0.2) is 4.99 Å². The number of amides is 2. The predicted molar refractivity (Wildman–Crippen MR) is 171 cm³/mol. The normalized spacial score (nSPS) is 16.5. The monoisotopic (exact) mass is 624 g/mol. The summed E-state index contributed by atoms with van der Waals surface area (Å²) in [5.74, 6) is 0.743. The Morgan fingerprint density at radius 1 is 1.02 bits per heavy atom. The van der Waals surface area contributed by atoms with Gasteiger partial charge in [0.2, 0.25) is 0 Å². The lowest BCUT2D eigenvalue weighted by molar-refractivity contribution is -0.137. The van der Waals surface area contributed by atoms with Crippen LogP contribution in [0.25, 0.3) is 6.08 Å². The van der Waals surface area contributed by atoms with Gasteiger partial charge in [0.15, 0.2) is 11.4 Å². The van der Waals surface area contributed by atoms with Gasteiger partial charge in [0, 0.05) is 18.8 Å². The third-order valence-electron chi connectivity index (χ3n) is 7.61. The average Bonchev–Trinajstić information content (AvgIpc) is 3.37. The maximum Gasteiger partial charge on any atom is 0.271 e. The standard InChI is InChI=1S/C34H32N4O6S/c1-22-30(32(40)36-25-8-4-3-5-9-25)31(24-7-6-10-27(20-24)42-2)38-33(41)28(45-34(38)35-22)19-23-11-13-26(14-12-23)44-21-29(39)37-15-17-43-18-16-37/h3-14,19-20,31H,15-18,21H2,1-2H3,(H,36,40)/b28-19+/t31-/m1/s1. The summed E-state index contributed by atoms with van der Waals surface area (Å²) in [4.78, 5) is 47.1. The van der Waals surface area contributed by atoms with Crippen molar-refractivity contribution < 1.29 is 23.8 Å². The van der Waals surface area contributed by atoms with Crippen LogP contribution in [0.4, 0.5) is 5.69 Å². The molecule has 230 valence electrons. The number of aromatic nitrogens is 1. The van der Waals surface area contributed by atoms with Gasteiger partial charge in [-0.1, -0.05) is 53.8 Å². The second kappa shape index (κ2) is 13.3. The number of rotatable bonds is 8. The van der Waals surface area contributed by atoms with Crippen molar-refractivity contribution in [3.8, 4) is 11.5 Å². The number of ether oxygens (including phenoxy) is 3. The predicted octanol–water partition coefficient (Wildman–Crippen LogP) is 3.12. The van der Waals surface area contributed by atoms with Gasteiger partial charge in [-0.3, -0.25) is 19.0 Å². The third kappa shape index (κ3) is 6.59. The SMILES string of the molecule is COc1cccc([C@@H]2C(C(=O)Nc3ccccc3)=C(C)N=c3s/c(=C/c4ccc(OCC(=O)N5CCOCC5)cc4)c(=O)n32)c1. The lowest BCUT2D eigenvalue weighted by Crippen LogP contribution is -2.42. The number of para-hydroxylation sites is 1. The quantitative estimate of drug-likeness (QED) is 0.323. The summed E-state index contributed by atoms with van der Waals surface area (Å²) in [6, 6.07) is 23.0. The Kier molecular flexibility index (Phi) is 8.90. The zero-order chi connectivity index (χ0) is 31.3. The second-order valence-electron chi connectivity index (χ2n) is 10.5. The number of carbonyl (C=O) groups excluding carboxylic acids is 2. The molecular weight excluding hydrogens is 592 g/mol. The number of benzene rings is 3. The van der Waals surface area contributed by atoms with E-state index in [0.717, 1.165) is 11.1 Å². The van der Waals surface area contributed by atoms with Gasteiger partial charge in [0.05, 0.1) is 42.2 Å². The van der Waals surface area contributed by atoms with Crippen LogP contribution in [0.15, 0.2) is 99.9 Å². The van der Waals surface area contributed by atoms with Gasteiger partial charge < -0.3 is 24.4 Å².